The average molecular weight is 350 g/mol. The molecule has 0 radical (unpaired) electrons. The fourth-order valence-corrected chi connectivity index (χ4v) is 1.18. The maximum Gasteiger partial charge on any atom is 0.312 e. The fourth-order valence-electron chi connectivity index (χ4n) is 0.862. The third kappa shape index (κ3) is 4.39. The van der Waals surface area contributed by atoms with Crippen LogP contribution >= 0.6 is 34.8 Å². The Morgan fingerprint density at radius 1 is 0.700 bits per heavy atom. The summed E-state index contributed by atoms with van der Waals surface area (Å²) >= 11 is 15.6. The van der Waals surface area contributed by atoms with E-state index in [0.29, 0.717) is 0 Å². The van der Waals surface area contributed by atoms with Crippen molar-refractivity contribution in [2.75, 3.05) is 0 Å². The van der Waals surface area contributed by atoms with Gasteiger partial charge in [0.15, 0.2) is 5.15 Å². The molecule has 0 aliphatic carbocycles. The SMILES string of the molecule is Cc1nc(F)nc(F)c1Cl.Fc1nc(F)c(Cl)c(Cl)n1. The normalized spacial score (nSPS) is 10.0. The highest BCUT2D eigenvalue weighted by Gasteiger charge is 2.09. The van der Waals surface area contributed by atoms with Crippen LogP contribution in [0.3, 0.4) is 0 Å². The van der Waals surface area contributed by atoms with Gasteiger partial charge in [-0.1, -0.05) is 34.8 Å². The maximum atomic E-state index is 12.3. The van der Waals surface area contributed by atoms with E-state index >= 15 is 0 Å². The molecule has 20 heavy (non-hydrogen) atoms. The Bertz CT molecular complexity index is 539. The van der Waals surface area contributed by atoms with E-state index in [2.05, 4.69) is 19.9 Å². The molecular formula is C9H3Cl3F4N4. The Morgan fingerprint density at radius 2 is 1.15 bits per heavy atom. The molecule has 0 saturated carbocycles. The summed E-state index contributed by atoms with van der Waals surface area (Å²) in [6.07, 6.45) is -2.33. The molecule has 0 aromatic carbocycles. The van der Waals surface area contributed by atoms with Gasteiger partial charge in [-0.2, -0.15) is 32.5 Å². The van der Waals surface area contributed by atoms with Crippen LogP contribution in [0.5, 0.6) is 0 Å². The predicted molar refractivity (Wildman–Crippen MR) is 63.7 cm³/mol. The Kier molecular flexibility index (Phi) is 5.85. The molecule has 0 amide bonds. The topological polar surface area (TPSA) is 51.6 Å². The van der Waals surface area contributed by atoms with Gasteiger partial charge in [-0.05, 0) is 6.92 Å². The second kappa shape index (κ2) is 6.96. The van der Waals surface area contributed by atoms with Crippen LogP contribution in [0.1, 0.15) is 5.69 Å². The molecule has 0 atom stereocenters. The van der Waals surface area contributed by atoms with Crippen LogP contribution in [0.4, 0.5) is 17.6 Å². The van der Waals surface area contributed by atoms with Gasteiger partial charge < -0.3 is 0 Å². The van der Waals surface area contributed by atoms with Gasteiger partial charge in [0.25, 0.3) is 0 Å². The molecule has 0 aliphatic rings. The molecule has 0 unspecified atom stereocenters. The lowest BCUT2D eigenvalue weighted by Crippen LogP contribution is -1.97. The zero-order valence-electron chi connectivity index (χ0n) is 9.43. The number of halogens is 7. The van der Waals surface area contributed by atoms with Crippen molar-refractivity contribution in [2.24, 2.45) is 0 Å². The van der Waals surface area contributed by atoms with Crippen molar-refractivity contribution in [1.29, 1.82) is 0 Å². The third-order valence-electron chi connectivity index (χ3n) is 1.69. The largest absolute Gasteiger partial charge is 0.312 e. The standard InChI is InChI=1S/C5H3ClF2N2.C4Cl2F2N2/c1-2-3(6)4(7)10-5(8)9-2;5-1-2(6)9-4(8)10-3(1)7/h1H3;. The molecule has 2 aromatic rings. The lowest BCUT2D eigenvalue weighted by molar-refractivity contribution is 0.479. The van der Waals surface area contributed by atoms with E-state index in [4.69, 9.17) is 34.8 Å². The summed E-state index contributed by atoms with van der Waals surface area (Å²) in [5.41, 5.74) is 0.103. The van der Waals surface area contributed by atoms with Gasteiger partial charge in [-0.3, -0.25) is 0 Å². The van der Waals surface area contributed by atoms with Gasteiger partial charge >= 0.3 is 12.2 Å². The smallest absolute Gasteiger partial charge is 0.206 e. The van der Waals surface area contributed by atoms with E-state index < -0.39 is 34.2 Å². The molecular weight excluding hydrogens is 346 g/mol. The highest BCUT2D eigenvalue weighted by molar-refractivity contribution is 6.41. The van der Waals surface area contributed by atoms with Gasteiger partial charge in [0.05, 0.1) is 5.69 Å². The van der Waals surface area contributed by atoms with Crippen molar-refractivity contribution >= 4 is 34.8 Å². The number of aryl methyl sites for hydroxylation is 1. The molecule has 4 nitrogen and oxygen atoms in total. The van der Waals surface area contributed by atoms with Gasteiger partial charge in [0, 0.05) is 0 Å². The molecule has 0 fully saturated rings. The molecule has 0 aliphatic heterocycles. The fraction of sp³-hybridized carbons (Fsp3) is 0.111. The lowest BCUT2D eigenvalue weighted by atomic mass is 10.4. The molecule has 11 heteroatoms. The number of rotatable bonds is 0. The summed E-state index contributed by atoms with van der Waals surface area (Å²) < 4.78 is 48.6. The van der Waals surface area contributed by atoms with E-state index in [1.807, 2.05) is 0 Å². The Labute approximate surface area is 124 Å². The van der Waals surface area contributed by atoms with Crippen molar-refractivity contribution in [3.63, 3.8) is 0 Å². The molecule has 0 N–H and O–H groups in total. The minimum Gasteiger partial charge on any atom is -0.206 e. The third-order valence-corrected chi connectivity index (χ3v) is 2.83. The minimum absolute atomic E-state index is 0.103. The van der Waals surface area contributed by atoms with Gasteiger partial charge in [-0.15, -0.1) is 0 Å². The van der Waals surface area contributed by atoms with E-state index in [0.717, 1.165) is 0 Å². The zero-order chi connectivity index (χ0) is 15.4. The van der Waals surface area contributed by atoms with E-state index in [-0.39, 0.29) is 10.7 Å². The Balaban J connectivity index is 0.000000200. The summed E-state index contributed by atoms with van der Waals surface area (Å²) in [5, 5.41) is -1.13. The second-order valence-corrected chi connectivity index (χ2v) is 4.19. The molecule has 2 rings (SSSR count). The first-order valence-electron chi connectivity index (χ1n) is 4.61. The number of hydrogen-bond acceptors (Lipinski definition) is 4. The number of aromatic nitrogens is 4. The summed E-state index contributed by atoms with van der Waals surface area (Å²) in [6.45, 7) is 1.40. The van der Waals surface area contributed by atoms with Gasteiger partial charge in [-0.25, -0.2) is 4.98 Å². The highest BCUT2D eigenvalue weighted by Crippen LogP contribution is 2.20. The maximum absolute atomic E-state index is 12.3. The van der Waals surface area contributed by atoms with E-state index in [1.165, 1.54) is 6.92 Å². The van der Waals surface area contributed by atoms with Gasteiger partial charge in [0.2, 0.25) is 11.9 Å². The van der Waals surface area contributed by atoms with Crippen molar-refractivity contribution in [1.82, 2.24) is 19.9 Å². The van der Waals surface area contributed by atoms with Crippen LogP contribution in [0.25, 0.3) is 0 Å². The van der Waals surface area contributed by atoms with Crippen LogP contribution in [0.15, 0.2) is 0 Å². The van der Waals surface area contributed by atoms with Crippen molar-refractivity contribution < 1.29 is 17.6 Å². The van der Waals surface area contributed by atoms with E-state index in [9.17, 15) is 17.6 Å². The summed E-state index contributed by atoms with van der Waals surface area (Å²) in [6, 6.07) is 0. The average Bonchev–Trinajstić information content (AvgIpc) is 2.33. The van der Waals surface area contributed by atoms with Crippen LogP contribution in [-0.4, -0.2) is 19.9 Å². The van der Waals surface area contributed by atoms with Gasteiger partial charge in [0.1, 0.15) is 10.0 Å². The van der Waals surface area contributed by atoms with Crippen LogP contribution in [0.2, 0.25) is 15.2 Å². The summed E-state index contributed by atoms with van der Waals surface area (Å²) in [5.74, 6) is -2.18. The minimum atomic E-state index is -1.23. The highest BCUT2D eigenvalue weighted by atomic mass is 35.5. The quantitative estimate of drug-likeness (QED) is 0.413. The first-order valence-corrected chi connectivity index (χ1v) is 5.75. The Morgan fingerprint density at radius 3 is 1.60 bits per heavy atom. The molecule has 0 bridgehead atoms. The number of hydrogen-bond donors (Lipinski definition) is 0. The first-order chi connectivity index (χ1) is 9.22. The lowest BCUT2D eigenvalue weighted by Gasteiger charge is -1.95. The zero-order valence-corrected chi connectivity index (χ0v) is 11.7. The molecule has 0 saturated heterocycles. The summed E-state index contributed by atoms with van der Waals surface area (Å²) in [4.78, 5) is 11.6. The monoisotopic (exact) mass is 348 g/mol. The van der Waals surface area contributed by atoms with Crippen molar-refractivity contribution in [3.8, 4) is 0 Å². The summed E-state index contributed by atoms with van der Waals surface area (Å²) in [7, 11) is 0. The molecule has 108 valence electrons. The second-order valence-electron chi connectivity index (χ2n) is 3.07. The molecule has 0 spiro atoms. The van der Waals surface area contributed by atoms with Crippen LogP contribution < -0.4 is 0 Å². The van der Waals surface area contributed by atoms with Crippen molar-refractivity contribution in [2.45, 2.75) is 6.92 Å². The van der Waals surface area contributed by atoms with Crippen molar-refractivity contribution in [3.05, 3.63) is 44.9 Å². The van der Waals surface area contributed by atoms with E-state index in [1.54, 1.807) is 0 Å². The van der Waals surface area contributed by atoms with Crippen LogP contribution in [0, 0.1) is 31.0 Å². The molecule has 2 aromatic heterocycles. The molecule has 2 heterocycles. The predicted octanol–water partition coefficient (Wildman–Crippen LogP) is 3.78. The first kappa shape index (κ1) is 16.8. The Hall–Kier alpha value is -1.25. The number of nitrogens with zero attached hydrogens (tertiary/aromatic N) is 4. The van der Waals surface area contributed by atoms with Crippen LogP contribution in [-0.2, 0) is 0 Å².